The smallest absolute Gasteiger partial charge is 0.230 e. The summed E-state index contributed by atoms with van der Waals surface area (Å²) in [5.41, 5.74) is 1.76. The molecule has 2 N–H and O–H groups in total. The van der Waals surface area contributed by atoms with Crippen LogP contribution in [-0.4, -0.2) is 53.5 Å². The fourth-order valence-electron chi connectivity index (χ4n) is 4.07. The van der Waals surface area contributed by atoms with E-state index in [1.807, 2.05) is 46.3 Å². The molecule has 152 valence electrons. The number of aryl methyl sites for hydroxylation is 1. The van der Waals surface area contributed by atoms with Gasteiger partial charge in [0.1, 0.15) is 12.4 Å². The largest absolute Gasteiger partial charge is 0.357 e. The number of aromatic nitrogens is 2. The lowest BCUT2D eigenvalue weighted by Gasteiger charge is -2.31. The third-order valence-electron chi connectivity index (χ3n) is 5.62. The fraction of sp³-hybridized carbons (Fsp3) is 0.571. The van der Waals surface area contributed by atoms with Gasteiger partial charge in [-0.3, -0.25) is 4.79 Å². The Morgan fingerprint density at radius 1 is 1.25 bits per heavy atom. The number of hydrogen-bond acceptors (Lipinski definition) is 3. The van der Waals surface area contributed by atoms with E-state index in [-0.39, 0.29) is 11.3 Å². The molecule has 28 heavy (non-hydrogen) atoms. The lowest BCUT2D eigenvalue weighted by molar-refractivity contribution is -0.138. The Bertz CT molecular complexity index is 848. The van der Waals surface area contributed by atoms with Gasteiger partial charge in [-0.2, -0.15) is 0 Å². The van der Waals surface area contributed by atoms with E-state index in [0.717, 1.165) is 55.0 Å². The maximum absolute atomic E-state index is 12.8. The van der Waals surface area contributed by atoms with Crippen LogP contribution in [0.1, 0.15) is 38.4 Å². The van der Waals surface area contributed by atoms with Crippen molar-refractivity contribution in [3.05, 3.63) is 30.1 Å². The number of rotatable bonds is 6. The van der Waals surface area contributed by atoms with Gasteiger partial charge in [0.2, 0.25) is 5.91 Å². The van der Waals surface area contributed by atoms with Crippen molar-refractivity contribution in [3.8, 4) is 0 Å². The van der Waals surface area contributed by atoms with E-state index in [4.69, 9.17) is 4.99 Å². The molecule has 0 bridgehead atoms. The van der Waals surface area contributed by atoms with Crippen LogP contribution in [0.15, 0.2) is 29.3 Å². The molecule has 0 radical (unpaired) electrons. The van der Waals surface area contributed by atoms with Crippen molar-refractivity contribution in [2.75, 3.05) is 27.2 Å². The monoisotopic (exact) mass is 384 g/mol. The normalized spacial score (nSPS) is 16.4. The first kappa shape index (κ1) is 20.2. The molecule has 0 aliphatic heterocycles. The standard InChI is InChI=1S/C21H32N6O/c1-5-22-20(24-15-21(12-8-9-13-21)19(28)26(2)3)23-14-18-25-16-10-6-7-11-17(16)27(18)4/h6-7,10-11H,5,8-9,12-15H2,1-4H3,(H2,22,23,24). The zero-order valence-electron chi connectivity index (χ0n) is 17.5. The van der Waals surface area contributed by atoms with Crippen LogP contribution in [0.2, 0.25) is 0 Å². The van der Waals surface area contributed by atoms with Crippen LogP contribution >= 0.6 is 0 Å². The summed E-state index contributed by atoms with van der Waals surface area (Å²) in [7, 11) is 5.70. The van der Waals surface area contributed by atoms with E-state index in [0.29, 0.717) is 13.1 Å². The highest BCUT2D eigenvalue weighted by Crippen LogP contribution is 2.38. The van der Waals surface area contributed by atoms with Gasteiger partial charge in [0, 0.05) is 34.2 Å². The summed E-state index contributed by atoms with van der Waals surface area (Å²) in [5, 5.41) is 6.71. The highest BCUT2D eigenvalue weighted by molar-refractivity contribution is 5.85. The Kier molecular flexibility index (Phi) is 6.21. The molecule has 0 saturated heterocycles. The summed E-state index contributed by atoms with van der Waals surface area (Å²) in [5.74, 6) is 1.86. The van der Waals surface area contributed by atoms with Gasteiger partial charge in [-0.15, -0.1) is 0 Å². The van der Waals surface area contributed by atoms with E-state index in [9.17, 15) is 4.79 Å². The second-order valence-corrected chi connectivity index (χ2v) is 7.81. The number of amides is 1. The van der Waals surface area contributed by atoms with Crippen molar-refractivity contribution in [2.24, 2.45) is 17.5 Å². The van der Waals surface area contributed by atoms with Crippen LogP contribution in [0.3, 0.4) is 0 Å². The Morgan fingerprint density at radius 3 is 2.61 bits per heavy atom. The molecule has 1 saturated carbocycles. The van der Waals surface area contributed by atoms with Gasteiger partial charge in [0.25, 0.3) is 0 Å². The van der Waals surface area contributed by atoms with Crippen LogP contribution < -0.4 is 10.6 Å². The molecule has 7 nitrogen and oxygen atoms in total. The highest BCUT2D eigenvalue weighted by atomic mass is 16.2. The third-order valence-corrected chi connectivity index (χ3v) is 5.62. The molecular weight excluding hydrogens is 352 g/mol. The van der Waals surface area contributed by atoms with Crippen LogP contribution in [0, 0.1) is 5.41 Å². The number of nitrogens with zero attached hydrogens (tertiary/aromatic N) is 4. The molecule has 3 rings (SSSR count). The fourth-order valence-corrected chi connectivity index (χ4v) is 4.07. The van der Waals surface area contributed by atoms with Crippen LogP contribution in [0.25, 0.3) is 11.0 Å². The SMILES string of the molecule is CCNC(=NCc1nc2ccccc2n1C)NCC1(C(=O)N(C)C)CCCC1. The molecule has 1 heterocycles. The number of nitrogens with one attached hydrogen (secondary N) is 2. The lowest BCUT2D eigenvalue weighted by Crippen LogP contribution is -2.49. The number of aliphatic imine (C=N–C) groups is 1. The Hall–Kier alpha value is -2.57. The van der Waals surface area contributed by atoms with Crippen LogP contribution in [-0.2, 0) is 18.4 Å². The summed E-state index contributed by atoms with van der Waals surface area (Å²) < 4.78 is 2.08. The zero-order chi connectivity index (χ0) is 20.1. The minimum Gasteiger partial charge on any atom is -0.357 e. The number of benzene rings is 1. The number of carbonyl (C=O) groups excluding carboxylic acids is 1. The predicted octanol–water partition coefficient (Wildman–Crippen LogP) is 2.28. The summed E-state index contributed by atoms with van der Waals surface area (Å²) >= 11 is 0. The number of guanidine groups is 1. The van der Waals surface area contributed by atoms with Crippen molar-refractivity contribution in [1.82, 2.24) is 25.1 Å². The summed E-state index contributed by atoms with van der Waals surface area (Å²) in [4.78, 5) is 23.9. The second-order valence-electron chi connectivity index (χ2n) is 7.81. The van der Waals surface area contributed by atoms with E-state index in [2.05, 4.69) is 26.3 Å². The second kappa shape index (κ2) is 8.63. The summed E-state index contributed by atoms with van der Waals surface area (Å²) in [6.45, 7) is 3.90. The predicted molar refractivity (Wildman–Crippen MR) is 113 cm³/mol. The molecule has 1 aliphatic carbocycles. The van der Waals surface area contributed by atoms with Crippen LogP contribution in [0.4, 0.5) is 0 Å². The molecule has 1 aromatic heterocycles. The molecule has 0 atom stereocenters. The van der Waals surface area contributed by atoms with Crippen molar-refractivity contribution in [2.45, 2.75) is 39.2 Å². The number of hydrogen-bond donors (Lipinski definition) is 2. The number of fused-ring (bicyclic) bond motifs is 1. The average molecular weight is 385 g/mol. The number of para-hydroxylation sites is 2. The Morgan fingerprint density at radius 2 is 1.96 bits per heavy atom. The van der Waals surface area contributed by atoms with E-state index in [1.165, 1.54) is 0 Å². The molecule has 7 heteroatoms. The Balaban J connectivity index is 1.73. The van der Waals surface area contributed by atoms with Crippen molar-refractivity contribution < 1.29 is 4.79 Å². The van der Waals surface area contributed by atoms with Gasteiger partial charge in [-0.1, -0.05) is 25.0 Å². The van der Waals surface area contributed by atoms with Gasteiger partial charge in [0.05, 0.1) is 16.4 Å². The first-order valence-corrected chi connectivity index (χ1v) is 10.1. The maximum Gasteiger partial charge on any atom is 0.230 e. The number of carbonyl (C=O) groups is 1. The van der Waals surface area contributed by atoms with E-state index < -0.39 is 0 Å². The molecule has 1 aromatic carbocycles. The average Bonchev–Trinajstić information content (AvgIpc) is 3.29. The molecular formula is C21H32N6O. The quantitative estimate of drug-likeness (QED) is 0.592. The van der Waals surface area contributed by atoms with Crippen LogP contribution in [0.5, 0.6) is 0 Å². The molecule has 0 unspecified atom stereocenters. The maximum atomic E-state index is 12.8. The molecule has 1 aliphatic rings. The number of imidazole rings is 1. The first-order valence-electron chi connectivity index (χ1n) is 10.1. The lowest BCUT2D eigenvalue weighted by atomic mass is 9.84. The first-order chi connectivity index (χ1) is 13.5. The zero-order valence-corrected chi connectivity index (χ0v) is 17.5. The Labute approximate surface area is 167 Å². The molecule has 1 amide bonds. The highest BCUT2D eigenvalue weighted by Gasteiger charge is 2.42. The van der Waals surface area contributed by atoms with Crippen molar-refractivity contribution in [1.29, 1.82) is 0 Å². The minimum absolute atomic E-state index is 0.212. The minimum atomic E-state index is -0.322. The summed E-state index contributed by atoms with van der Waals surface area (Å²) in [6.07, 6.45) is 4.08. The van der Waals surface area contributed by atoms with Gasteiger partial charge in [-0.25, -0.2) is 9.98 Å². The molecule has 2 aromatic rings. The summed E-state index contributed by atoms with van der Waals surface area (Å²) in [6, 6.07) is 8.10. The molecule has 1 fully saturated rings. The van der Waals surface area contributed by atoms with Gasteiger partial charge in [-0.05, 0) is 31.9 Å². The van der Waals surface area contributed by atoms with E-state index in [1.54, 1.807) is 4.90 Å². The topological polar surface area (TPSA) is 74.5 Å². The van der Waals surface area contributed by atoms with Crippen molar-refractivity contribution in [3.63, 3.8) is 0 Å². The van der Waals surface area contributed by atoms with E-state index >= 15 is 0 Å². The molecule has 0 spiro atoms. The van der Waals surface area contributed by atoms with Gasteiger partial charge >= 0.3 is 0 Å². The third kappa shape index (κ3) is 4.13. The van der Waals surface area contributed by atoms with Gasteiger partial charge in [0.15, 0.2) is 5.96 Å². The van der Waals surface area contributed by atoms with Crippen molar-refractivity contribution >= 4 is 22.9 Å². The van der Waals surface area contributed by atoms with Gasteiger partial charge < -0.3 is 20.1 Å².